The minimum atomic E-state index is -0.352. The van der Waals surface area contributed by atoms with Gasteiger partial charge in [0.05, 0.1) is 25.1 Å². The van der Waals surface area contributed by atoms with E-state index in [-0.39, 0.29) is 11.9 Å². The van der Waals surface area contributed by atoms with Crippen LogP contribution in [0.15, 0.2) is 72.9 Å². The Morgan fingerprint density at radius 2 is 1.42 bits per heavy atom. The van der Waals surface area contributed by atoms with Crippen LogP contribution in [0, 0.1) is 0 Å². The molecule has 1 fully saturated rings. The number of benzene rings is 2. The average molecular weight is 417 g/mol. The highest BCUT2D eigenvalue weighted by molar-refractivity contribution is 6.05. The molecule has 8 heteroatoms. The summed E-state index contributed by atoms with van der Waals surface area (Å²) in [5, 5.41) is 8.32. The Balaban J connectivity index is 1.31. The molecular formula is C23H23N5O3. The molecule has 1 aromatic heterocycles. The number of pyridine rings is 1. The largest absolute Gasteiger partial charge is 0.378 e. The number of aromatic nitrogens is 1. The molecule has 0 saturated carbocycles. The first kappa shape index (κ1) is 20.4. The number of rotatable bonds is 5. The second-order valence-corrected chi connectivity index (χ2v) is 6.98. The van der Waals surface area contributed by atoms with Crippen molar-refractivity contribution < 1.29 is 14.3 Å². The molecule has 0 atom stereocenters. The van der Waals surface area contributed by atoms with Gasteiger partial charge in [-0.15, -0.1) is 0 Å². The van der Waals surface area contributed by atoms with E-state index >= 15 is 0 Å². The lowest BCUT2D eigenvalue weighted by atomic mass is 10.2. The second kappa shape index (κ2) is 9.73. The Kier molecular flexibility index (Phi) is 6.39. The number of amides is 3. The lowest BCUT2D eigenvalue weighted by Gasteiger charge is -2.27. The smallest absolute Gasteiger partial charge is 0.323 e. The molecule has 31 heavy (non-hydrogen) atoms. The van der Waals surface area contributed by atoms with Crippen molar-refractivity contribution in [2.75, 3.05) is 47.2 Å². The number of anilines is 4. The van der Waals surface area contributed by atoms with Gasteiger partial charge in [0.25, 0.3) is 5.91 Å². The van der Waals surface area contributed by atoms with Gasteiger partial charge < -0.3 is 25.6 Å². The van der Waals surface area contributed by atoms with E-state index in [1.807, 2.05) is 30.3 Å². The molecule has 0 spiro atoms. The van der Waals surface area contributed by atoms with Gasteiger partial charge in [-0.3, -0.25) is 4.79 Å². The highest BCUT2D eigenvalue weighted by atomic mass is 16.5. The lowest BCUT2D eigenvalue weighted by Crippen LogP contribution is -2.36. The van der Waals surface area contributed by atoms with Gasteiger partial charge in [-0.25, -0.2) is 9.78 Å². The molecular weight excluding hydrogens is 394 g/mol. The van der Waals surface area contributed by atoms with Gasteiger partial charge in [-0.1, -0.05) is 18.2 Å². The number of hydrogen-bond acceptors (Lipinski definition) is 5. The Morgan fingerprint density at radius 1 is 0.774 bits per heavy atom. The summed E-state index contributed by atoms with van der Waals surface area (Å²) in [4.78, 5) is 31.2. The van der Waals surface area contributed by atoms with Crippen molar-refractivity contribution in [3.63, 3.8) is 0 Å². The summed E-state index contributed by atoms with van der Waals surface area (Å²) in [6, 6.07) is 19.2. The first-order valence-electron chi connectivity index (χ1n) is 10.0. The van der Waals surface area contributed by atoms with Crippen LogP contribution in [0.1, 0.15) is 10.4 Å². The number of nitrogens with zero attached hydrogens (tertiary/aromatic N) is 2. The topological polar surface area (TPSA) is 95.6 Å². The summed E-state index contributed by atoms with van der Waals surface area (Å²) in [6.07, 6.45) is 1.65. The van der Waals surface area contributed by atoms with E-state index in [4.69, 9.17) is 4.74 Å². The summed E-state index contributed by atoms with van der Waals surface area (Å²) in [7, 11) is 0. The molecule has 3 aromatic rings. The van der Waals surface area contributed by atoms with Crippen LogP contribution in [0.4, 0.5) is 27.7 Å². The number of nitrogens with one attached hydrogen (secondary N) is 3. The highest BCUT2D eigenvalue weighted by Crippen LogP contribution is 2.17. The number of para-hydroxylation sites is 1. The van der Waals surface area contributed by atoms with Crippen LogP contribution in [0.3, 0.4) is 0 Å². The third-order valence-electron chi connectivity index (χ3n) is 4.78. The van der Waals surface area contributed by atoms with Crippen LogP contribution in [-0.4, -0.2) is 43.2 Å². The lowest BCUT2D eigenvalue weighted by molar-refractivity contribution is 0.102. The minimum Gasteiger partial charge on any atom is -0.378 e. The number of hydrogen-bond donors (Lipinski definition) is 3. The van der Waals surface area contributed by atoms with Crippen molar-refractivity contribution in [1.82, 2.24) is 4.98 Å². The van der Waals surface area contributed by atoms with E-state index in [0.717, 1.165) is 18.9 Å². The van der Waals surface area contributed by atoms with Crippen LogP contribution in [-0.2, 0) is 4.74 Å². The van der Waals surface area contributed by atoms with Crippen molar-refractivity contribution >= 4 is 34.8 Å². The third-order valence-corrected chi connectivity index (χ3v) is 4.78. The van der Waals surface area contributed by atoms with Gasteiger partial charge in [0.1, 0.15) is 5.82 Å². The summed E-state index contributed by atoms with van der Waals surface area (Å²) in [5.41, 5.74) is 2.38. The van der Waals surface area contributed by atoms with Gasteiger partial charge in [0.15, 0.2) is 0 Å². The fraction of sp³-hybridized carbons (Fsp3) is 0.174. The molecule has 0 aliphatic carbocycles. The molecule has 0 bridgehead atoms. The van der Waals surface area contributed by atoms with Crippen LogP contribution >= 0.6 is 0 Å². The molecule has 4 rings (SSSR count). The fourth-order valence-corrected chi connectivity index (χ4v) is 3.16. The fourth-order valence-electron chi connectivity index (χ4n) is 3.16. The molecule has 1 saturated heterocycles. The van der Waals surface area contributed by atoms with Crippen molar-refractivity contribution in [2.24, 2.45) is 0 Å². The monoisotopic (exact) mass is 417 g/mol. The highest BCUT2D eigenvalue weighted by Gasteiger charge is 2.13. The predicted octanol–water partition coefficient (Wildman–Crippen LogP) is 3.81. The van der Waals surface area contributed by atoms with Gasteiger partial charge in [-0.2, -0.15) is 0 Å². The zero-order valence-electron chi connectivity index (χ0n) is 16.9. The number of morpholine rings is 1. The quantitative estimate of drug-likeness (QED) is 0.587. The maximum absolute atomic E-state index is 12.5. The molecule has 2 aromatic carbocycles. The van der Waals surface area contributed by atoms with E-state index in [1.54, 1.807) is 42.6 Å². The summed E-state index contributed by atoms with van der Waals surface area (Å²) >= 11 is 0. The minimum absolute atomic E-state index is 0.249. The Morgan fingerprint density at radius 3 is 2.06 bits per heavy atom. The Hall–Kier alpha value is -3.91. The number of carbonyl (C=O) groups is 2. The van der Waals surface area contributed by atoms with E-state index < -0.39 is 0 Å². The third kappa shape index (κ3) is 5.58. The van der Waals surface area contributed by atoms with Gasteiger partial charge in [-0.05, 0) is 48.5 Å². The van der Waals surface area contributed by atoms with Crippen LogP contribution in [0.25, 0.3) is 0 Å². The maximum atomic E-state index is 12.5. The van der Waals surface area contributed by atoms with E-state index in [0.29, 0.717) is 35.8 Å². The summed E-state index contributed by atoms with van der Waals surface area (Å²) < 4.78 is 5.35. The van der Waals surface area contributed by atoms with Crippen LogP contribution < -0.4 is 20.9 Å². The molecule has 0 unspecified atom stereocenters. The van der Waals surface area contributed by atoms with E-state index in [1.165, 1.54) is 0 Å². The van der Waals surface area contributed by atoms with Gasteiger partial charge >= 0.3 is 6.03 Å². The Bertz CT molecular complexity index is 1020. The number of carbonyl (C=O) groups excluding carboxylic acids is 2. The molecule has 8 nitrogen and oxygen atoms in total. The van der Waals surface area contributed by atoms with Crippen LogP contribution in [0.5, 0.6) is 0 Å². The first-order chi connectivity index (χ1) is 15.2. The van der Waals surface area contributed by atoms with Gasteiger partial charge in [0, 0.05) is 30.0 Å². The molecule has 1 aliphatic rings. The van der Waals surface area contributed by atoms with Crippen LogP contribution in [0.2, 0.25) is 0 Å². The normalized spacial score (nSPS) is 13.4. The zero-order valence-corrected chi connectivity index (χ0v) is 16.9. The molecule has 3 amide bonds. The summed E-state index contributed by atoms with van der Waals surface area (Å²) in [5.74, 6) is 0.617. The van der Waals surface area contributed by atoms with Crippen molar-refractivity contribution in [3.05, 3.63) is 78.5 Å². The molecule has 0 radical (unpaired) electrons. The summed E-state index contributed by atoms with van der Waals surface area (Å²) in [6.45, 7) is 3.00. The standard InChI is InChI=1S/C23H23N5O3/c29-22(25-20-10-11-21(24-16-20)28-12-14-31-15-13-28)17-6-8-19(9-7-17)27-23(30)26-18-4-2-1-3-5-18/h1-11,16H,12-15H2,(H,25,29)(H2,26,27,30). The average Bonchev–Trinajstić information content (AvgIpc) is 2.81. The van der Waals surface area contributed by atoms with Crippen molar-refractivity contribution in [1.29, 1.82) is 0 Å². The van der Waals surface area contributed by atoms with Crippen molar-refractivity contribution in [2.45, 2.75) is 0 Å². The SMILES string of the molecule is O=C(Nc1ccccc1)Nc1ccc(C(=O)Nc2ccc(N3CCOCC3)nc2)cc1. The number of ether oxygens (including phenoxy) is 1. The molecule has 158 valence electrons. The molecule has 1 aliphatic heterocycles. The number of urea groups is 1. The van der Waals surface area contributed by atoms with E-state index in [2.05, 4.69) is 25.8 Å². The zero-order chi connectivity index (χ0) is 21.5. The van der Waals surface area contributed by atoms with Crippen molar-refractivity contribution in [3.8, 4) is 0 Å². The first-order valence-corrected chi connectivity index (χ1v) is 10.0. The predicted molar refractivity (Wildman–Crippen MR) is 121 cm³/mol. The van der Waals surface area contributed by atoms with E-state index in [9.17, 15) is 9.59 Å². The van der Waals surface area contributed by atoms with Gasteiger partial charge in [0.2, 0.25) is 0 Å². The second-order valence-electron chi connectivity index (χ2n) is 6.98. The maximum Gasteiger partial charge on any atom is 0.323 e. The Labute approximate surface area is 180 Å². The molecule has 2 heterocycles. The molecule has 3 N–H and O–H groups in total.